The molecule has 2 fully saturated rings. The molecule has 8 heteroatoms. The number of nitrogens with zero attached hydrogens (tertiary/aromatic N) is 3. The molecular weight excluding hydrogens is 408 g/mol. The number of halogens is 1. The summed E-state index contributed by atoms with van der Waals surface area (Å²) in [6.07, 6.45) is 4.69. The molecule has 3 aromatic rings. The van der Waals surface area contributed by atoms with E-state index < -0.39 is 10.0 Å². The molecule has 0 amide bonds. The predicted molar refractivity (Wildman–Crippen MR) is 118 cm³/mol. The number of sulfonamides is 1. The van der Waals surface area contributed by atoms with E-state index in [0.29, 0.717) is 25.6 Å². The molecule has 2 aliphatic rings. The second kappa shape index (κ2) is 7.89. The molecule has 1 aliphatic heterocycles. The van der Waals surface area contributed by atoms with Crippen molar-refractivity contribution in [2.24, 2.45) is 0 Å². The second-order valence-corrected chi connectivity index (χ2v) is 9.66. The van der Waals surface area contributed by atoms with Crippen LogP contribution in [-0.4, -0.2) is 41.0 Å². The zero-order chi connectivity index (χ0) is 19.1. The number of hydrogen-bond acceptors (Lipinski definition) is 5. The third-order valence-corrected chi connectivity index (χ3v) is 7.28. The van der Waals surface area contributed by atoms with Gasteiger partial charge in [0, 0.05) is 24.5 Å². The van der Waals surface area contributed by atoms with Gasteiger partial charge in [0.25, 0.3) is 0 Å². The molecule has 1 aliphatic carbocycles. The van der Waals surface area contributed by atoms with E-state index in [0.717, 1.165) is 33.4 Å². The summed E-state index contributed by atoms with van der Waals surface area (Å²) in [5, 5.41) is 4.50. The van der Waals surface area contributed by atoms with Crippen LogP contribution in [0.15, 0.2) is 48.8 Å². The Morgan fingerprint density at radius 2 is 1.90 bits per heavy atom. The van der Waals surface area contributed by atoms with Crippen molar-refractivity contribution in [2.75, 3.05) is 17.6 Å². The fourth-order valence-electron chi connectivity index (χ4n) is 3.69. The molecule has 1 aromatic heterocycles. The molecular formula is C21H23ClN4O2S. The van der Waals surface area contributed by atoms with E-state index >= 15 is 0 Å². The van der Waals surface area contributed by atoms with Crippen LogP contribution >= 0.6 is 12.4 Å². The van der Waals surface area contributed by atoms with E-state index in [1.54, 1.807) is 10.6 Å². The molecule has 152 valence electrons. The molecule has 0 bridgehead atoms. The maximum Gasteiger partial charge on any atom is 0.214 e. The third kappa shape index (κ3) is 4.22. The van der Waals surface area contributed by atoms with E-state index in [1.807, 2.05) is 18.2 Å². The minimum Gasteiger partial charge on any atom is -0.367 e. The Hall–Kier alpha value is -2.22. The lowest BCUT2D eigenvalue weighted by Gasteiger charge is -2.15. The van der Waals surface area contributed by atoms with Gasteiger partial charge in [0.1, 0.15) is 12.1 Å². The van der Waals surface area contributed by atoms with Crippen molar-refractivity contribution in [3.63, 3.8) is 0 Å². The van der Waals surface area contributed by atoms with Gasteiger partial charge in [-0.3, -0.25) is 0 Å². The van der Waals surface area contributed by atoms with Crippen molar-refractivity contribution >= 4 is 39.2 Å². The van der Waals surface area contributed by atoms with Crippen molar-refractivity contribution in [1.29, 1.82) is 0 Å². The van der Waals surface area contributed by atoms with Crippen LogP contribution in [0, 0.1) is 0 Å². The summed E-state index contributed by atoms with van der Waals surface area (Å²) in [4.78, 5) is 8.81. The minimum absolute atomic E-state index is 0. The number of anilines is 1. The fraction of sp³-hybridized carbons (Fsp3) is 0.333. The average Bonchev–Trinajstić information content (AvgIpc) is 3.45. The van der Waals surface area contributed by atoms with Gasteiger partial charge < -0.3 is 5.32 Å². The Bertz CT molecular complexity index is 1150. The summed E-state index contributed by atoms with van der Waals surface area (Å²) in [5.74, 6) is 1.14. The first-order chi connectivity index (χ1) is 13.6. The highest BCUT2D eigenvalue weighted by Crippen LogP contribution is 2.31. The van der Waals surface area contributed by atoms with Crippen LogP contribution in [0.2, 0.25) is 0 Å². The van der Waals surface area contributed by atoms with Gasteiger partial charge in [0.2, 0.25) is 10.0 Å². The number of benzene rings is 2. The Labute approximate surface area is 176 Å². The molecule has 0 radical (unpaired) electrons. The van der Waals surface area contributed by atoms with Crippen LogP contribution in [0.25, 0.3) is 22.0 Å². The summed E-state index contributed by atoms with van der Waals surface area (Å²) in [5.41, 5.74) is 4.06. The summed E-state index contributed by atoms with van der Waals surface area (Å²) >= 11 is 0. The van der Waals surface area contributed by atoms with E-state index in [1.165, 1.54) is 12.8 Å². The van der Waals surface area contributed by atoms with Crippen molar-refractivity contribution in [2.45, 2.75) is 31.8 Å². The normalized spacial score (nSPS) is 18.5. The van der Waals surface area contributed by atoms with Crippen LogP contribution in [-0.2, 0) is 16.6 Å². The highest BCUT2D eigenvalue weighted by atomic mass is 35.5. The average molecular weight is 431 g/mol. The molecule has 2 aromatic carbocycles. The predicted octanol–water partition coefficient (Wildman–Crippen LogP) is 3.83. The quantitative estimate of drug-likeness (QED) is 0.665. The van der Waals surface area contributed by atoms with Crippen LogP contribution in [0.3, 0.4) is 0 Å². The lowest BCUT2D eigenvalue weighted by molar-refractivity contribution is 0.440. The van der Waals surface area contributed by atoms with Gasteiger partial charge in [-0.25, -0.2) is 18.4 Å². The van der Waals surface area contributed by atoms with Gasteiger partial charge in [0.05, 0.1) is 11.3 Å². The molecule has 0 unspecified atom stereocenters. The maximum atomic E-state index is 12.1. The zero-order valence-corrected chi connectivity index (χ0v) is 17.5. The summed E-state index contributed by atoms with van der Waals surface area (Å²) < 4.78 is 25.8. The van der Waals surface area contributed by atoms with Crippen LogP contribution in [0.5, 0.6) is 0 Å². The first-order valence-corrected chi connectivity index (χ1v) is 11.3. The molecule has 0 atom stereocenters. The Kier molecular flexibility index (Phi) is 5.46. The Balaban J connectivity index is 0.00000205. The lowest BCUT2D eigenvalue weighted by Crippen LogP contribution is -2.25. The first-order valence-electron chi connectivity index (χ1n) is 9.67. The number of hydrogen-bond donors (Lipinski definition) is 1. The molecule has 1 saturated heterocycles. The molecule has 0 spiro atoms. The highest BCUT2D eigenvalue weighted by molar-refractivity contribution is 7.89. The summed E-state index contributed by atoms with van der Waals surface area (Å²) in [6.45, 7) is 1.04. The van der Waals surface area contributed by atoms with Crippen molar-refractivity contribution < 1.29 is 8.42 Å². The van der Waals surface area contributed by atoms with Gasteiger partial charge in [-0.05, 0) is 54.2 Å². The zero-order valence-electron chi connectivity index (χ0n) is 15.9. The molecule has 1 N–H and O–H groups in total. The summed E-state index contributed by atoms with van der Waals surface area (Å²) in [7, 11) is -3.09. The highest BCUT2D eigenvalue weighted by Gasteiger charge is 2.28. The standard InChI is InChI=1S/C21H22N4O2S.ClH/c26-28(27)10-2-9-25(28)13-15-3-1-4-16(11-15)17-5-8-20-19(12-17)21(23-14-22-20)24-18-6-7-18;/h1,3-5,8,11-12,14,18H,2,6-7,9-10,13H2,(H,22,23,24);1H. The molecule has 1 saturated carbocycles. The number of aromatic nitrogens is 2. The van der Waals surface area contributed by atoms with Gasteiger partial charge in [-0.1, -0.05) is 24.3 Å². The Morgan fingerprint density at radius 3 is 2.66 bits per heavy atom. The van der Waals surface area contributed by atoms with E-state index in [9.17, 15) is 8.42 Å². The first kappa shape index (κ1) is 20.1. The maximum absolute atomic E-state index is 12.1. The number of fused-ring (bicyclic) bond motifs is 1. The summed E-state index contributed by atoms with van der Waals surface area (Å²) in [6, 6.07) is 14.8. The van der Waals surface area contributed by atoms with Gasteiger partial charge in [-0.2, -0.15) is 4.31 Å². The number of rotatable bonds is 5. The van der Waals surface area contributed by atoms with Crippen molar-refractivity contribution in [3.05, 3.63) is 54.4 Å². The minimum atomic E-state index is -3.09. The molecule has 29 heavy (non-hydrogen) atoms. The van der Waals surface area contributed by atoms with E-state index in [-0.39, 0.29) is 18.2 Å². The lowest BCUT2D eigenvalue weighted by atomic mass is 10.0. The van der Waals surface area contributed by atoms with Crippen LogP contribution < -0.4 is 5.32 Å². The SMILES string of the molecule is Cl.O=S1(=O)CCCN1Cc1cccc(-c2ccc3ncnc(NC4CC4)c3c2)c1. The Morgan fingerprint density at radius 1 is 1.07 bits per heavy atom. The molecule has 2 heterocycles. The van der Waals surface area contributed by atoms with Gasteiger partial charge in [0.15, 0.2) is 0 Å². The third-order valence-electron chi connectivity index (χ3n) is 5.38. The van der Waals surface area contributed by atoms with E-state index in [4.69, 9.17) is 0 Å². The van der Waals surface area contributed by atoms with Gasteiger partial charge in [-0.15, -0.1) is 12.4 Å². The van der Waals surface area contributed by atoms with E-state index in [2.05, 4.69) is 39.6 Å². The second-order valence-electron chi connectivity index (χ2n) is 7.58. The van der Waals surface area contributed by atoms with Crippen LogP contribution in [0.1, 0.15) is 24.8 Å². The molecule has 6 nitrogen and oxygen atoms in total. The molecule has 5 rings (SSSR count). The largest absolute Gasteiger partial charge is 0.367 e. The monoisotopic (exact) mass is 430 g/mol. The fourth-order valence-corrected chi connectivity index (χ4v) is 5.20. The topological polar surface area (TPSA) is 75.2 Å². The van der Waals surface area contributed by atoms with Gasteiger partial charge >= 0.3 is 0 Å². The van der Waals surface area contributed by atoms with Crippen molar-refractivity contribution in [3.8, 4) is 11.1 Å². The van der Waals surface area contributed by atoms with Crippen LogP contribution in [0.4, 0.5) is 5.82 Å². The van der Waals surface area contributed by atoms with Crippen molar-refractivity contribution in [1.82, 2.24) is 14.3 Å². The smallest absolute Gasteiger partial charge is 0.214 e. The number of nitrogens with one attached hydrogen (secondary N) is 1.